The number of hydrogen-bond acceptors (Lipinski definition) is 5. The number of ketones is 1. The zero-order chi connectivity index (χ0) is 26.3. The Labute approximate surface area is 215 Å². The van der Waals surface area contributed by atoms with Gasteiger partial charge in [0.2, 0.25) is 21.8 Å². The molecule has 0 aliphatic heterocycles. The third kappa shape index (κ3) is 8.47. The minimum absolute atomic E-state index is 0.119. The second-order valence-corrected chi connectivity index (χ2v) is 11.7. The van der Waals surface area contributed by atoms with Crippen LogP contribution >= 0.6 is 15.9 Å². The molecule has 2 rings (SSSR count). The standard InChI is InChI=1S/C25H32BrN3O5S/c1-17(2)14-27-25(32)18(3)28(15-20-9-11-22(26)12-10-20)24(31)16-29(35(5,33)34)23-8-6-7-21(13-23)19(4)30/h6-13,17-18H,14-16H2,1-5H3,(H,27,32). The van der Waals surface area contributed by atoms with Crippen molar-refractivity contribution in [3.05, 3.63) is 64.1 Å². The van der Waals surface area contributed by atoms with Gasteiger partial charge >= 0.3 is 0 Å². The van der Waals surface area contributed by atoms with E-state index in [1.165, 1.54) is 24.0 Å². The highest BCUT2D eigenvalue weighted by Gasteiger charge is 2.30. The third-order valence-corrected chi connectivity index (χ3v) is 7.01. The molecule has 0 aromatic heterocycles. The summed E-state index contributed by atoms with van der Waals surface area (Å²) in [7, 11) is -3.87. The van der Waals surface area contributed by atoms with E-state index in [1.807, 2.05) is 38.1 Å². The molecule has 0 radical (unpaired) electrons. The Hall–Kier alpha value is -2.72. The van der Waals surface area contributed by atoms with Gasteiger partial charge in [-0.05, 0) is 49.6 Å². The van der Waals surface area contributed by atoms with Gasteiger partial charge in [-0.1, -0.05) is 54.0 Å². The van der Waals surface area contributed by atoms with Crippen LogP contribution in [0.1, 0.15) is 43.6 Å². The van der Waals surface area contributed by atoms with E-state index < -0.39 is 28.5 Å². The lowest BCUT2D eigenvalue weighted by Crippen LogP contribution is -2.51. The van der Waals surface area contributed by atoms with Crippen molar-refractivity contribution in [1.82, 2.24) is 10.2 Å². The van der Waals surface area contributed by atoms with E-state index in [0.29, 0.717) is 12.1 Å². The molecule has 190 valence electrons. The largest absolute Gasteiger partial charge is 0.354 e. The number of hydrogen-bond donors (Lipinski definition) is 1. The van der Waals surface area contributed by atoms with Gasteiger partial charge in [0, 0.05) is 23.1 Å². The van der Waals surface area contributed by atoms with Crippen molar-refractivity contribution in [3.8, 4) is 0 Å². The maximum Gasteiger partial charge on any atom is 0.244 e. The Morgan fingerprint density at radius 1 is 1.03 bits per heavy atom. The Morgan fingerprint density at radius 2 is 1.66 bits per heavy atom. The van der Waals surface area contributed by atoms with Gasteiger partial charge in [-0.25, -0.2) is 8.42 Å². The highest BCUT2D eigenvalue weighted by molar-refractivity contribution is 9.10. The number of carbonyl (C=O) groups is 3. The van der Waals surface area contributed by atoms with Crippen LogP contribution in [0.3, 0.4) is 0 Å². The van der Waals surface area contributed by atoms with E-state index in [2.05, 4.69) is 21.2 Å². The summed E-state index contributed by atoms with van der Waals surface area (Å²) in [4.78, 5) is 39.5. The fraction of sp³-hybridized carbons (Fsp3) is 0.400. The molecule has 10 heteroatoms. The molecule has 2 aromatic rings. The first kappa shape index (κ1) is 28.5. The molecule has 0 heterocycles. The van der Waals surface area contributed by atoms with Crippen LogP contribution in [0.5, 0.6) is 0 Å². The first-order valence-electron chi connectivity index (χ1n) is 11.2. The van der Waals surface area contributed by atoms with Gasteiger partial charge in [0.05, 0.1) is 11.9 Å². The fourth-order valence-electron chi connectivity index (χ4n) is 3.32. The first-order valence-corrected chi connectivity index (χ1v) is 13.8. The van der Waals surface area contributed by atoms with Crippen LogP contribution in [0.2, 0.25) is 0 Å². The van der Waals surface area contributed by atoms with Gasteiger partial charge in [0.15, 0.2) is 5.78 Å². The molecule has 1 N–H and O–H groups in total. The molecule has 2 amide bonds. The van der Waals surface area contributed by atoms with Crippen LogP contribution in [-0.2, 0) is 26.2 Å². The molecule has 0 aliphatic carbocycles. The van der Waals surface area contributed by atoms with Gasteiger partial charge < -0.3 is 10.2 Å². The summed E-state index contributed by atoms with van der Waals surface area (Å²) in [5, 5.41) is 2.84. The molecule has 0 fully saturated rings. The number of anilines is 1. The summed E-state index contributed by atoms with van der Waals surface area (Å²) in [6.45, 7) is 6.99. The number of halogens is 1. The molecule has 0 bridgehead atoms. The van der Waals surface area contributed by atoms with Crippen molar-refractivity contribution in [1.29, 1.82) is 0 Å². The number of Topliss-reactive ketones (excluding diaryl/α,β-unsaturated/α-hetero) is 1. The van der Waals surface area contributed by atoms with Crippen molar-refractivity contribution in [3.63, 3.8) is 0 Å². The summed E-state index contributed by atoms with van der Waals surface area (Å²) >= 11 is 3.38. The van der Waals surface area contributed by atoms with E-state index in [4.69, 9.17) is 0 Å². The Kier molecular flexibility index (Phi) is 10.0. The van der Waals surface area contributed by atoms with Gasteiger partial charge in [0.1, 0.15) is 12.6 Å². The van der Waals surface area contributed by atoms with Crippen LogP contribution in [-0.4, -0.2) is 56.3 Å². The van der Waals surface area contributed by atoms with Crippen LogP contribution in [0, 0.1) is 5.92 Å². The van der Waals surface area contributed by atoms with Gasteiger partial charge in [-0.15, -0.1) is 0 Å². The number of benzene rings is 2. The quantitative estimate of drug-likeness (QED) is 0.419. The fourth-order valence-corrected chi connectivity index (χ4v) is 4.42. The molecule has 8 nitrogen and oxygen atoms in total. The summed E-state index contributed by atoms with van der Waals surface area (Å²) in [5.41, 5.74) is 1.32. The highest BCUT2D eigenvalue weighted by Crippen LogP contribution is 2.21. The van der Waals surface area contributed by atoms with Gasteiger partial charge in [-0.2, -0.15) is 0 Å². The number of amides is 2. The molecular formula is C25H32BrN3O5S. The smallest absolute Gasteiger partial charge is 0.244 e. The average molecular weight is 567 g/mol. The number of sulfonamides is 1. The highest BCUT2D eigenvalue weighted by atomic mass is 79.9. The Balaban J connectivity index is 2.39. The maximum atomic E-state index is 13.5. The molecule has 0 spiro atoms. The number of rotatable bonds is 11. The second kappa shape index (κ2) is 12.3. The number of carbonyl (C=O) groups excluding carboxylic acids is 3. The topological polar surface area (TPSA) is 104 Å². The van der Waals surface area contributed by atoms with Crippen LogP contribution in [0.15, 0.2) is 53.0 Å². The van der Waals surface area contributed by atoms with Gasteiger partial charge in [-0.3, -0.25) is 18.7 Å². The van der Waals surface area contributed by atoms with Gasteiger partial charge in [0.25, 0.3) is 0 Å². The molecule has 2 aromatic carbocycles. The van der Waals surface area contributed by atoms with Crippen molar-refractivity contribution in [2.75, 3.05) is 23.7 Å². The third-order valence-electron chi connectivity index (χ3n) is 5.34. The van der Waals surface area contributed by atoms with Crippen molar-refractivity contribution in [2.45, 2.75) is 40.3 Å². The first-order chi connectivity index (χ1) is 16.3. The summed E-state index contributed by atoms with van der Waals surface area (Å²) in [6.07, 6.45) is 0.999. The molecule has 1 atom stereocenters. The zero-order valence-corrected chi connectivity index (χ0v) is 23.0. The molecular weight excluding hydrogens is 534 g/mol. The van der Waals surface area contributed by atoms with E-state index in [9.17, 15) is 22.8 Å². The summed E-state index contributed by atoms with van der Waals surface area (Å²) in [5.74, 6) is -0.859. The lowest BCUT2D eigenvalue weighted by molar-refractivity contribution is -0.139. The minimum Gasteiger partial charge on any atom is -0.354 e. The SMILES string of the molecule is CC(=O)c1cccc(N(CC(=O)N(Cc2ccc(Br)cc2)C(C)C(=O)NCC(C)C)S(C)(=O)=O)c1. The maximum absolute atomic E-state index is 13.5. The lowest BCUT2D eigenvalue weighted by atomic mass is 10.1. The van der Waals surface area contributed by atoms with Crippen LogP contribution < -0.4 is 9.62 Å². The Morgan fingerprint density at radius 3 is 2.20 bits per heavy atom. The normalized spacial score (nSPS) is 12.2. The zero-order valence-electron chi connectivity index (χ0n) is 20.6. The average Bonchev–Trinajstić information content (AvgIpc) is 2.79. The predicted octanol–water partition coefficient (Wildman–Crippen LogP) is 3.61. The van der Waals surface area contributed by atoms with E-state index in [-0.39, 0.29) is 29.8 Å². The lowest BCUT2D eigenvalue weighted by Gasteiger charge is -2.31. The van der Waals surface area contributed by atoms with E-state index in [0.717, 1.165) is 20.6 Å². The summed E-state index contributed by atoms with van der Waals surface area (Å²) in [6, 6.07) is 12.6. The minimum atomic E-state index is -3.87. The molecule has 1 unspecified atom stereocenters. The summed E-state index contributed by atoms with van der Waals surface area (Å²) < 4.78 is 27.1. The van der Waals surface area contributed by atoms with E-state index in [1.54, 1.807) is 19.1 Å². The van der Waals surface area contributed by atoms with E-state index >= 15 is 0 Å². The van der Waals surface area contributed by atoms with Crippen molar-refractivity contribution >= 4 is 49.2 Å². The van der Waals surface area contributed by atoms with Crippen molar-refractivity contribution in [2.24, 2.45) is 5.92 Å². The molecule has 0 saturated heterocycles. The number of nitrogens with zero attached hydrogens (tertiary/aromatic N) is 2. The van der Waals surface area contributed by atoms with Crippen LogP contribution in [0.25, 0.3) is 0 Å². The monoisotopic (exact) mass is 565 g/mol. The Bertz CT molecular complexity index is 1170. The second-order valence-electron chi connectivity index (χ2n) is 8.84. The van der Waals surface area contributed by atoms with Crippen molar-refractivity contribution < 1.29 is 22.8 Å². The number of nitrogens with one attached hydrogen (secondary N) is 1. The molecule has 35 heavy (non-hydrogen) atoms. The predicted molar refractivity (Wildman–Crippen MR) is 141 cm³/mol. The van der Waals surface area contributed by atoms with Crippen LogP contribution in [0.4, 0.5) is 5.69 Å². The molecule has 0 aliphatic rings. The molecule has 0 saturated carbocycles.